The summed E-state index contributed by atoms with van der Waals surface area (Å²) in [6.45, 7) is 2.00. The van der Waals surface area contributed by atoms with Crippen LogP contribution in [0.5, 0.6) is 0 Å². The molecule has 1 fully saturated rings. The van der Waals surface area contributed by atoms with E-state index in [0.717, 1.165) is 42.9 Å². The topological polar surface area (TPSA) is 85.0 Å². The first kappa shape index (κ1) is 20.4. The molecule has 4 aromatic rings. The van der Waals surface area contributed by atoms with Gasteiger partial charge in [0.2, 0.25) is 0 Å². The third-order valence-corrected chi connectivity index (χ3v) is 5.88. The van der Waals surface area contributed by atoms with Gasteiger partial charge in [-0.05, 0) is 56.6 Å². The average Bonchev–Trinajstić information content (AvgIpc) is 3.30. The Balaban J connectivity index is 1.34. The summed E-state index contributed by atoms with van der Waals surface area (Å²) < 4.78 is 19.1. The number of aromatic nitrogens is 4. The lowest BCUT2D eigenvalue weighted by Crippen LogP contribution is -2.29. The number of oxazole rings is 1. The maximum Gasteiger partial charge on any atom is 0.197 e. The molecule has 8 heteroatoms. The van der Waals surface area contributed by atoms with Crippen molar-refractivity contribution in [2.24, 2.45) is 0 Å². The van der Waals surface area contributed by atoms with Crippen LogP contribution in [0, 0.1) is 5.82 Å². The fraction of sp³-hybridized carbons (Fsp3) is 0.292. The van der Waals surface area contributed by atoms with Crippen molar-refractivity contribution in [3.63, 3.8) is 0 Å². The van der Waals surface area contributed by atoms with Crippen molar-refractivity contribution < 1.29 is 13.6 Å². The highest BCUT2D eigenvalue weighted by atomic mass is 19.1. The monoisotopic (exact) mass is 431 g/mol. The zero-order chi connectivity index (χ0) is 22.1. The van der Waals surface area contributed by atoms with Crippen molar-refractivity contribution in [2.45, 2.75) is 25.2 Å². The van der Waals surface area contributed by atoms with Gasteiger partial charge in [0.05, 0.1) is 18.3 Å². The first-order valence-electron chi connectivity index (χ1n) is 10.6. The van der Waals surface area contributed by atoms with Crippen LogP contribution >= 0.6 is 0 Å². The van der Waals surface area contributed by atoms with Crippen molar-refractivity contribution in [1.82, 2.24) is 24.8 Å². The van der Waals surface area contributed by atoms with E-state index in [1.54, 1.807) is 18.6 Å². The van der Waals surface area contributed by atoms with Crippen LogP contribution in [0.2, 0.25) is 0 Å². The Labute approximate surface area is 184 Å². The van der Waals surface area contributed by atoms with Gasteiger partial charge in [-0.1, -0.05) is 0 Å². The Hall–Kier alpha value is -3.52. The molecule has 1 saturated heterocycles. The molecule has 0 amide bonds. The number of Topliss-reactive ketones (excluding diaryl/α,β-unsaturated/α-hetero) is 1. The second kappa shape index (κ2) is 8.55. The van der Waals surface area contributed by atoms with E-state index in [2.05, 4.69) is 31.9 Å². The van der Waals surface area contributed by atoms with Gasteiger partial charge < -0.3 is 9.32 Å². The summed E-state index contributed by atoms with van der Waals surface area (Å²) >= 11 is 0. The molecule has 4 aromatic heterocycles. The smallest absolute Gasteiger partial charge is 0.197 e. The first-order valence-corrected chi connectivity index (χ1v) is 10.6. The number of rotatable bonds is 5. The summed E-state index contributed by atoms with van der Waals surface area (Å²) in [5.41, 5.74) is 2.15. The van der Waals surface area contributed by atoms with Crippen molar-refractivity contribution in [3.05, 3.63) is 72.3 Å². The van der Waals surface area contributed by atoms with E-state index in [-0.39, 0.29) is 18.1 Å². The van der Waals surface area contributed by atoms with E-state index >= 15 is 0 Å². The van der Waals surface area contributed by atoms with Crippen LogP contribution in [0.3, 0.4) is 0 Å². The molecule has 0 saturated carbocycles. The molecule has 32 heavy (non-hydrogen) atoms. The minimum Gasteiger partial charge on any atom is -0.448 e. The lowest BCUT2D eigenvalue weighted by atomic mass is 9.97. The fourth-order valence-corrected chi connectivity index (χ4v) is 4.00. The highest BCUT2D eigenvalue weighted by Gasteiger charge is 2.24. The Kier molecular flexibility index (Phi) is 5.45. The number of carbonyl (C=O) groups is 1. The predicted molar refractivity (Wildman–Crippen MR) is 117 cm³/mol. The van der Waals surface area contributed by atoms with Crippen LogP contribution in [-0.4, -0.2) is 50.8 Å². The molecule has 1 aliphatic rings. The van der Waals surface area contributed by atoms with Crippen LogP contribution < -0.4 is 0 Å². The minimum absolute atomic E-state index is 0.120. The maximum absolute atomic E-state index is 13.5. The molecule has 0 radical (unpaired) electrons. The largest absolute Gasteiger partial charge is 0.448 e. The molecule has 0 atom stereocenters. The predicted octanol–water partition coefficient (Wildman–Crippen LogP) is 4.05. The molecule has 0 bridgehead atoms. The van der Waals surface area contributed by atoms with Crippen LogP contribution in [0.4, 0.5) is 4.39 Å². The molecule has 0 N–H and O–H groups in total. The number of halogens is 1. The summed E-state index contributed by atoms with van der Waals surface area (Å²) in [5, 5.41) is 1.70. The molecule has 7 nitrogen and oxygen atoms in total. The molecule has 1 aliphatic heterocycles. The van der Waals surface area contributed by atoms with Crippen LogP contribution in [0.1, 0.15) is 40.8 Å². The number of pyridine rings is 3. The Bertz CT molecular complexity index is 1280. The number of piperidine rings is 1. The number of carbonyl (C=O) groups excluding carboxylic acids is 1. The van der Waals surface area contributed by atoms with E-state index in [1.807, 2.05) is 12.1 Å². The van der Waals surface area contributed by atoms with Crippen LogP contribution in [0.15, 0.2) is 53.7 Å². The summed E-state index contributed by atoms with van der Waals surface area (Å²) in [6, 6.07) is 5.08. The van der Waals surface area contributed by atoms with Gasteiger partial charge in [0.1, 0.15) is 17.8 Å². The summed E-state index contributed by atoms with van der Waals surface area (Å²) in [4.78, 5) is 32.2. The molecule has 0 unspecified atom stereocenters. The van der Waals surface area contributed by atoms with Gasteiger partial charge >= 0.3 is 0 Å². The van der Waals surface area contributed by atoms with Crippen LogP contribution in [0.25, 0.3) is 22.0 Å². The molecule has 0 aromatic carbocycles. The second-order valence-electron chi connectivity index (χ2n) is 8.23. The SMILES string of the molecule is CN1CCC(c2nc(C(=O)Cc3cc4cc(-c5cncc(F)c5)ncc4cn3)co2)CC1. The van der Waals surface area contributed by atoms with Gasteiger partial charge in [0, 0.05) is 41.2 Å². The zero-order valence-electron chi connectivity index (χ0n) is 17.7. The maximum atomic E-state index is 13.5. The Morgan fingerprint density at radius 1 is 1.09 bits per heavy atom. The molecular weight excluding hydrogens is 409 g/mol. The van der Waals surface area contributed by atoms with Crippen molar-refractivity contribution in [2.75, 3.05) is 20.1 Å². The third kappa shape index (κ3) is 4.27. The quantitative estimate of drug-likeness (QED) is 0.441. The molecule has 0 spiro atoms. The third-order valence-electron chi connectivity index (χ3n) is 5.88. The molecule has 162 valence electrons. The van der Waals surface area contributed by atoms with Gasteiger partial charge in [-0.2, -0.15) is 0 Å². The highest BCUT2D eigenvalue weighted by molar-refractivity contribution is 5.96. The molecular formula is C24H22FN5O2. The lowest BCUT2D eigenvalue weighted by Gasteiger charge is -2.26. The lowest BCUT2D eigenvalue weighted by molar-refractivity contribution is 0.0987. The summed E-state index contributed by atoms with van der Waals surface area (Å²) in [6.07, 6.45) is 9.62. The normalized spacial score (nSPS) is 15.3. The summed E-state index contributed by atoms with van der Waals surface area (Å²) in [5.74, 6) is 0.350. The van der Waals surface area contributed by atoms with Gasteiger partial charge in [-0.25, -0.2) is 9.37 Å². The highest BCUT2D eigenvalue weighted by Crippen LogP contribution is 2.27. The number of fused-ring (bicyclic) bond motifs is 1. The number of ketones is 1. The van der Waals surface area contributed by atoms with Crippen LogP contribution in [-0.2, 0) is 6.42 Å². The standard InChI is InChI=1S/C24H22FN5O2/c1-30-4-2-15(3-5-30)24-29-22(14-32-24)23(31)9-20-7-16-8-21(28-12-18(16)11-27-20)17-6-19(25)13-26-10-17/h6-8,10-15H,2-5,9H2,1H3. The van der Waals surface area contributed by atoms with E-state index in [9.17, 15) is 9.18 Å². The van der Waals surface area contributed by atoms with Gasteiger partial charge in [-0.15, -0.1) is 0 Å². The Morgan fingerprint density at radius 3 is 2.72 bits per heavy atom. The first-order chi connectivity index (χ1) is 15.5. The average molecular weight is 431 g/mol. The molecule has 0 aliphatic carbocycles. The molecule has 5 rings (SSSR count). The summed E-state index contributed by atoms with van der Waals surface area (Å²) in [7, 11) is 2.10. The Morgan fingerprint density at radius 2 is 1.91 bits per heavy atom. The van der Waals surface area contributed by atoms with Gasteiger partial charge in [-0.3, -0.25) is 19.7 Å². The number of hydrogen-bond acceptors (Lipinski definition) is 7. The van der Waals surface area contributed by atoms with E-state index < -0.39 is 5.82 Å². The van der Waals surface area contributed by atoms with Crippen molar-refractivity contribution in [1.29, 1.82) is 0 Å². The van der Waals surface area contributed by atoms with Crippen molar-refractivity contribution in [3.8, 4) is 11.3 Å². The van der Waals surface area contributed by atoms with E-state index in [4.69, 9.17) is 4.42 Å². The molecule has 5 heterocycles. The zero-order valence-corrected chi connectivity index (χ0v) is 17.7. The number of likely N-dealkylation sites (tertiary alicyclic amines) is 1. The minimum atomic E-state index is -0.419. The second-order valence-corrected chi connectivity index (χ2v) is 8.23. The van der Waals surface area contributed by atoms with E-state index in [0.29, 0.717) is 28.5 Å². The van der Waals surface area contributed by atoms with E-state index in [1.165, 1.54) is 12.3 Å². The van der Waals surface area contributed by atoms with Gasteiger partial charge in [0.15, 0.2) is 11.7 Å². The van der Waals surface area contributed by atoms with Gasteiger partial charge in [0.25, 0.3) is 0 Å². The number of hydrogen-bond donors (Lipinski definition) is 0. The fourth-order valence-electron chi connectivity index (χ4n) is 4.00. The number of nitrogens with zero attached hydrogens (tertiary/aromatic N) is 5. The van der Waals surface area contributed by atoms with Crippen molar-refractivity contribution >= 4 is 16.6 Å².